The summed E-state index contributed by atoms with van der Waals surface area (Å²) in [6.07, 6.45) is -1.81. The molecule has 1 saturated heterocycles. The van der Waals surface area contributed by atoms with E-state index in [4.69, 9.17) is 0 Å². The third-order valence-corrected chi connectivity index (χ3v) is 7.15. The number of rotatable bonds is 10. The highest BCUT2D eigenvalue weighted by atomic mass is 19.4. The molecule has 1 aliphatic heterocycles. The second-order valence-corrected chi connectivity index (χ2v) is 10.7. The summed E-state index contributed by atoms with van der Waals surface area (Å²) in [6.45, 7) is 7.27. The molecule has 2 unspecified atom stereocenters. The van der Waals surface area contributed by atoms with E-state index in [1.165, 1.54) is 13.8 Å². The van der Waals surface area contributed by atoms with Gasteiger partial charge in [0.25, 0.3) is 0 Å². The van der Waals surface area contributed by atoms with Crippen molar-refractivity contribution in [3.63, 3.8) is 0 Å². The summed E-state index contributed by atoms with van der Waals surface area (Å²) < 4.78 is 65.6. The van der Waals surface area contributed by atoms with Gasteiger partial charge in [-0.15, -0.1) is 0 Å². The SMILES string of the molecule is CC(C)C(NC(=O)[N+]1(C(=O)[C@@H](NC(=O)CCc2cccnc2)C(C)C)CCC[C@H]1C)C(=O)C(F)(F)C(F)(F)F. The number of alkyl halides is 5. The molecule has 13 heteroatoms. The number of carbonyl (C=O) groups excluding carboxylic acids is 4. The zero-order chi connectivity index (χ0) is 29.8. The third kappa shape index (κ3) is 6.98. The van der Waals surface area contributed by atoms with Crippen LogP contribution in [0.2, 0.25) is 0 Å². The number of aromatic nitrogens is 1. The Morgan fingerprint density at radius 3 is 2.10 bits per heavy atom. The van der Waals surface area contributed by atoms with Gasteiger partial charge >= 0.3 is 24.0 Å². The summed E-state index contributed by atoms with van der Waals surface area (Å²) in [4.78, 5) is 56.5. The zero-order valence-electron chi connectivity index (χ0n) is 22.6. The number of quaternary nitrogens is 1. The maximum atomic E-state index is 13.9. The molecule has 1 aromatic rings. The highest BCUT2D eigenvalue weighted by molar-refractivity contribution is 5.96. The summed E-state index contributed by atoms with van der Waals surface area (Å²) in [5.74, 6) is -11.0. The fourth-order valence-corrected chi connectivity index (χ4v) is 4.74. The van der Waals surface area contributed by atoms with E-state index in [2.05, 4.69) is 10.3 Å². The van der Waals surface area contributed by atoms with Crippen molar-refractivity contribution in [2.45, 2.75) is 90.5 Å². The fraction of sp³-hybridized carbons (Fsp3) is 0.654. The minimum Gasteiger partial charge on any atom is -0.341 e. The molecular weight excluding hydrogens is 527 g/mol. The highest BCUT2D eigenvalue weighted by Gasteiger charge is 2.65. The van der Waals surface area contributed by atoms with E-state index >= 15 is 0 Å². The lowest BCUT2D eigenvalue weighted by Crippen LogP contribution is -2.70. The molecule has 0 aliphatic carbocycles. The minimum atomic E-state index is -6.15. The molecular formula is C26H36F5N4O4+. The van der Waals surface area contributed by atoms with E-state index in [0.717, 1.165) is 5.56 Å². The molecule has 2 N–H and O–H groups in total. The van der Waals surface area contributed by atoms with E-state index in [9.17, 15) is 41.1 Å². The van der Waals surface area contributed by atoms with Crippen LogP contribution in [0.15, 0.2) is 24.5 Å². The number of carbonyl (C=O) groups is 4. The van der Waals surface area contributed by atoms with E-state index in [1.54, 1.807) is 45.3 Å². The smallest absolute Gasteiger partial charge is 0.341 e. The van der Waals surface area contributed by atoms with Crippen molar-refractivity contribution < 1.29 is 45.6 Å². The quantitative estimate of drug-likeness (QED) is 0.328. The Morgan fingerprint density at radius 2 is 1.64 bits per heavy atom. The normalized spacial score (nSPS) is 21.5. The average molecular weight is 564 g/mol. The number of halogens is 5. The number of likely N-dealkylation sites (tertiary alicyclic amines) is 1. The number of nitrogens with zero attached hydrogens (tertiary/aromatic N) is 2. The topological polar surface area (TPSA) is 105 Å². The van der Waals surface area contributed by atoms with Gasteiger partial charge in [-0.2, -0.15) is 26.4 Å². The minimum absolute atomic E-state index is 0.0282. The van der Waals surface area contributed by atoms with Gasteiger partial charge in [-0.05, 0) is 36.8 Å². The molecule has 0 bridgehead atoms. The Kier molecular flexibility index (Phi) is 10.3. The van der Waals surface area contributed by atoms with Gasteiger partial charge in [0.2, 0.25) is 11.7 Å². The first kappa shape index (κ1) is 32.3. The van der Waals surface area contributed by atoms with Gasteiger partial charge in [-0.3, -0.25) is 19.9 Å². The van der Waals surface area contributed by atoms with Crippen LogP contribution in [-0.4, -0.2) is 69.9 Å². The Hall–Kier alpha value is -2.96. The maximum Gasteiger partial charge on any atom is 0.461 e. The number of amides is 4. The molecule has 8 nitrogen and oxygen atoms in total. The van der Waals surface area contributed by atoms with Gasteiger partial charge in [0.15, 0.2) is 0 Å². The van der Waals surface area contributed by atoms with Crippen molar-refractivity contribution in [2.75, 3.05) is 6.54 Å². The van der Waals surface area contributed by atoms with Crippen LogP contribution in [-0.2, 0) is 20.8 Å². The van der Waals surface area contributed by atoms with Crippen molar-refractivity contribution in [2.24, 2.45) is 11.8 Å². The van der Waals surface area contributed by atoms with E-state index in [-0.39, 0.29) is 13.0 Å². The number of pyridine rings is 1. The molecule has 39 heavy (non-hydrogen) atoms. The summed E-state index contributed by atoms with van der Waals surface area (Å²) in [5, 5.41) is 4.71. The predicted molar refractivity (Wildman–Crippen MR) is 131 cm³/mol. The molecule has 1 aromatic heterocycles. The van der Waals surface area contributed by atoms with Crippen LogP contribution < -0.4 is 10.6 Å². The molecule has 1 aliphatic rings. The lowest BCUT2D eigenvalue weighted by Gasteiger charge is -2.38. The zero-order valence-corrected chi connectivity index (χ0v) is 22.6. The van der Waals surface area contributed by atoms with Gasteiger partial charge in [-0.25, -0.2) is 9.59 Å². The Balaban J connectivity index is 2.32. The first-order chi connectivity index (χ1) is 18.0. The molecule has 0 spiro atoms. The van der Waals surface area contributed by atoms with E-state index in [0.29, 0.717) is 19.3 Å². The Morgan fingerprint density at radius 1 is 1.03 bits per heavy atom. The van der Waals surface area contributed by atoms with Crippen LogP contribution in [0, 0.1) is 11.8 Å². The summed E-state index contributed by atoms with van der Waals surface area (Å²) in [5.41, 5.74) is 0.802. The molecule has 0 aromatic carbocycles. The predicted octanol–water partition coefficient (Wildman–Crippen LogP) is 4.18. The van der Waals surface area contributed by atoms with Crippen LogP contribution in [0.5, 0.6) is 0 Å². The molecule has 2 rings (SSSR count). The largest absolute Gasteiger partial charge is 0.461 e. The van der Waals surface area contributed by atoms with Gasteiger partial charge in [0.05, 0.1) is 6.54 Å². The van der Waals surface area contributed by atoms with Gasteiger partial charge in [0.1, 0.15) is 18.1 Å². The van der Waals surface area contributed by atoms with E-state index < -0.39 is 70.2 Å². The number of imide groups is 1. The standard InChI is InChI=1S/C26H35F5N4O4/c1-15(2)20(22(37)25(27,28)26(29,30)31)34-24(39)35(13-7-8-17(35)5)23(38)21(16(3)4)33-19(36)11-10-18-9-6-12-32-14-18/h6,9,12,14-17,20-21H,7-8,10-11,13H2,1-5H3,(H-,33,34,36,39)/p+1/t17-,20?,21+,35?/m1/s1. The number of hydrogen-bond acceptors (Lipinski definition) is 5. The van der Waals surface area contributed by atoms with Crippen molar-refractivity contribution in [3.8, 4) is 0 Å². The number of aryl methyl sites for hydroxylation is 1. The second-order valence-electron chi connectivity index (χ2n) is 10.7. The first-order valence-electron chi connectivity index (χ1n) is 12.9. The lowest BCUT2D eigenvalue weighted by atomic mass is 9.95. The number of urea groups is 1. The maximum absolute atomic E-state index is 13.9. The molecule has 2 heterocycles. The van der Waals surface area contributed by atoms with Crippen molar-refractivity contribution in [1.29, 1.82) is 0 Å². The van der Waals surface area contributed by atoms with E-state index in [1.807, 2.05) is 5.32 Å². The third-order valence-electron chi connectivity index (χ3n) is 7.15. The number of hydrogen-bond donors (Lipinski definition) is 2. The number of Topliss-reactive ketones (excluding diaryl/α,β-unsaturated/α-hetero) is 1. The second kappa shape index (κ2) is 12.5. The molecule has 4 atom stereocenters. The van der Waals surface area contributed by atoms with Crippen molar-refractivity contribution >= 4 is 23.6 Å². The van der Waals surface area contributed by atoms with Gasteiger partial charge < -0.3 is 5.32 Å². The van der Waals surface area contributed by atoms with Crippen LogP contribution in [0.1, 0.15) is 59.4 Å². The summed E-state index contributed by atoms with van der Waals surface area (Å²) in [7, 11) is 0. The molecule has 0 saturated carbocycles. The fourth-order valence-electron chi connectivity index (χ4n) is 4.74. The summed E-state index contributed by atoms with van der Waals surface area (Å²) >= 11 is 0. The van der Waals surface area contributed by atoms with Crippen molar-refractivity contribution in [3.05, 3.63) is 30.1 Å². The van der Waals surface area contributed by atoms with Gasteiger partial charge in [-0.1, -0.05) is 33.8 Å². The average Bonchev–Trinajstić information content (AvgIpc) is 3.25. The number of ketones is 1. The molecule has 1 fully saturated rings. The molecule has 0 radical (unpaired) electrons. The monoisotopic (exact) mass is 563 g/mol. The Bertz CT molecular complexity index is 1050. The van der Waals surface area contributed by atoms with Crippen LogP contribution >= 0.6 is 0 Å². The summed E-state index contributed by atoms with van der Waals surface area (Å²) in [6, 6.07) is -1.66. The van der Waals surface area contributed by atoms with Crippen LogP contribution in [0.3, 0.4) is 0 Å². The van der Waals surface area contributed by atoms with Crippen molar-refractivity contribution in [1.82, 2.24) is 15.6 Å². The number of nitrogens with one attached hydrogen (secondary N) is 2. The highest BCUT2D eigenvalue weighted by Crippen LogP contribution is 2.38. The van der Waals surface area contributed by atoms with Crippen LogP contribution in [0.4, 0.5) is 26.7 Å². The lowest BCUT2D eigenvalue weighted by molar-refractivity contribution is -0.786. The van der Waals surface area contributed by atoms with Crippen LogP contribution in [0.25, 0.3) is 0 Å². The Labute approximate surface area is 224 Å². The first-order valence-corrected chi connectivity index (χ1v) is 12.9. The van der Waals surface area contributed by atoms with Gasteiger partial charge in [0, 0.05) is 31.7 Å². The molecule has 4 amide bonds. The molecule has 218 valence electrons.